The van der Waals surface area contributed by atoms with E-state index < -0.39 is 11.7 Å². The van der Waals surface area contributed by atoms with Crippen LogP contribution in [0.5, 0.6) is 0 Å². The fourth-order valence-electron chi connectivity index (χ4n) is 2.29. The highest BCUT2D eigenvalue weighted by Crippen LogP contribution is 2.35. The Kier molecular flexibility index (Phi) is 5.88. The highest BCUT2D eigenvalue weighted by Gasteiger charge is 2.31. The van der Waals surface area contributed by atoms with Crippen LogP contribution in [0.25, 0.3) is 0 Å². The van der Waals surface area contributed by atoms with Gasteiger partial charge in [0, 0.05) is 25.4 Å². The molecule has 0 aliphatic carbocycles. The predicted molar refractivity (Wildman–Crippen MR) is 91.7 cm³/mol. The number of nitrogens with one attached hydrogen (secondary N) is 1. The number of aryl methyl sites for hydroxylation is 1. The van der Waals surface area contributed by atoms with Crippen LogP contribution in [-0.4, -0.2) is 20.0 Å². The number of nitrogens with zero attached hydrogens (tertiary/aromatic N) is 1. The molecule has 2 rings (SSSR count). The van der Waals surface area contributed by atoms with Gasteiger partial charge in [0.05, 0.1) is 16.9 Å². The van der Waals surface area contributed by atoms with Crippen molar-refractivity contribution < 1.29 is 18.0 Å². The predicted octanol–water partition coefficient (Wildman–Crippen LogP) is 4.79. The van der Waals surface area contributed by atoms with Gasteiger partial charge >= 0.3 is 6.18 Å². The number of carbonyl (C=O) groups excluding carboxylic acids is 1. The quantitative estimate of drug-likeness (QED) is 0.807. The lowest BCUT2D eigenvalue weighted by Crippen LogP contribution is -2.18. The van der Waals surface area contributed by atoms with E-state index in [1.807, 2.05) is 17.5 Å². The number of thiophene rings is 1. The minimum absolute atomic E-state index is 0.177. The van der Waals surface area contributed by atoms with Crippen molar-refractivity contribution in [1.82, 2.24) is 0 Å². The minimum atomic E-state index is -4.44. The van der Waals surface area contributed by atoms with Crippen molar-refractivity contribution in [2.75, 3.05) is 24.3 Å². The van der Waals surface area contributed by atoms with E-state index in [1.165, 1.54) is 10.9 Å². The van der Waals surface area contributed by atoms with Crippen LogP contribution >= 0.6 is 11.3 Å². The van der Waals surface area contributed by atoms with Gasteiger partial charge in [-0.05, 0) is 42.5 Å². The van der Waals surface area contributed by atoms with Crippen molar-refractivity contribution in [3.63, 3.8) is 0 Å². The maximum Gasteiger partial charge on any atom is 0.416 e. The first-order valence-corrected chi connectivity index (χ1v) is 8.36. The number of hydrogen-bond donors (Lipinski definition) is 1. The van der Waals surface area contributed by atoms with E-state index in [9.17, 15) is 18.0 Å². The lowest BCUT2D eigenvalue weighted by Gasteiger charge is -2.19. The number of amides is 1. The molecule has 0 fully saturated rings. The molecule has 0 aliphatic heterocycles. The summed E-state index contributed by atoms with van der Waals surface area (Å²) in [7, 11) is 3.43. The van der Waals surface area contributed by atoms with Crippen molar-refractivity contribution in [2.45, 2.75) is 25.4 Å². The van der Waals surface area contributed by atoms with Gasteiger partial charge in [-0.1, -0.05) is 6.07 Å². The molecule has 2 aromatic rings. The summed E-state index contributed by atoms with van der Waals surface area (Å²) in [4.78, 5) is 14.9. The van der Waals surface area contributed by atoms with Crippen molar-refractivity contribution in [3.05, 3.63) is 46.2 Å². The Bertz CT molecular complexity index is 682. The Labute approximate surface area is 143 Å². The van der Waals surface area contributed by atoms with Crippen LogP contribution in [0.4, 0.5) is 24.5 Å². The van der Waals surface area contributed by atoms with Crippen LogP contribution in [0.3, 0.4) is 0 Å². The zero-order chi connectivity index (χ0) is 17.7. The van der Waals surface area contributed by atoms with E-state index in [0.717, 1.165) is 18.6 Å². The summed E-state index contributed by atoms with van der Waals surface area (Å²) < 4.78 is 38.6. The molecule has 1 N–H and O–H groups in total. The van der Waals surface area contributed by atoms with Gasteiger partial charge in [0.1, 0.15) is 0 Å². The third-order valence-electron chi connectivity index (χ3n) is 3.49. The summed E-state index contributed by atoms with van der Waals surface area (Å²) in [6.45, 7) is 0. The van der Waals surface area contributed by atoms with Crippen LogP contribution in [0.2, 0.25) is 0 Å². The molecule has 1 amide bonds. The molecule has 0 spiro atoms. The topological polar surface area (TPSA) is 32.3 Å². The number of benzene rings is 1. The van der Waals surface area contributed by atoms with E-state index in [2.05, 4.69) is 5.32 Å². The Hall–Kier alpha value is -2.02. The zero-order valence-electron chi connectivity index (χ0n) is 13.5. The molecule has 0 unspecified atom stereocenters. The van der Waals surface area contributed by atoms with Crippen LogP contribution in [0, 0.1) is 0 Å². The standard InChI is InChI=1S/C17H19F3N2OS/c1-22(2)15-9-8-12(17(18,19)20)11-14(15)21-16(23)7-3-5-13-6-4-10-24-13/h4,6,8-11H,3,5,7H2,1-2H3,(H,21,23). The van der Waals surface area contributed by atoms with Crippen molar-refractivity contribution in [1.29, 1.82) is 0 Å². The van der Waals surface area contributed by atoms with E-state index in [-0.39, 0.29) is 18.0 Å². The first kappa shape index (κ1) is 18.3. The Morgan fingerprint density at radius 3 is 2.58 bits per heavy atom. The molecule has 1 aromatic heterocycles. The van der Waals surface area contributed by atoms with Gasteiger partial charge < -0.3 is 10.2 Å². The first-order chi connectivity index (χ1) is 11.3. The van der Waals surface area contributed by atoms with Gasteiger partial charge in [0.2, 0.25) is 5.91 Å². The van der Waals surface area contributed by atoms with Gasteiger partial charge in [0.25, 0.3) is 0 Å². The number of halogens is 3. The zero-order valence-corrected chi connectivity index (χ0v) is 14.3. The Morgan fingerprint density at radius 2 is 2.00 bits per heavy atom. The molecule has 0 aliphatic rings. The summed E-state index contributed by atoms with van der Waals surface area (Å²) in [6, 6.07) is 7.31. The minimum Gasteiger partial charge on any atom is -0.376 e. The molecule has 0 saturated carbocycles. The fourth-order valence-corrected chi connectivity index (χ4v) is 3.04. The average molecular weight is 356 g/mol. The largest absolute Gasteiger partial charge is 0.416 e. The molecule has 1 aromatic carbocycles. The average Bonchev–Trinajstić information content (AvgIpc) is 2.99. The molecule has 130 valence electrons. The second kappa shape index (κ2) is 7.70. The normalized spacial score (nSPS) is 11.4. The number of hydrogen-bond acceptors (Lipinski definition) is 3. The number of carbonyl (C=O) groups is 1. The van der Waals surface area contributed by atoms with Crippen molar-refractivity contribution >= 4 is 28.6 Å². The smallest absolute Gasteiger partial charge is 0.376 e. The van der Waals surface area contributed by atoms with Crippen molar-refractivity contribution in [3.8, 4) is 0 Å². The SMILES string of the molecule is CN(C)c1ccc(C(F)(F)F)cc1NC(=O)CCCc1cccs1. The lowest BCUT2D eigenvalue weighted by atomic mass is 10.1. The molecule has 1 heterocycles. The highest BCUT2D eigenvalue weighted by molar-refractivity contribution is 7.09. The fraction of sp³-hybridized carbons (Fsp3) is 0.353. The monoisotopic (exact) mass is 356 g/mol. The van der Waals surface area contributed by atoms with Crippen LogP contribution in [0.1, 0.15) is 23.3 Å². The number of alkyl halides is 3. The van der Waals surface area contributed by atoms with Crippen LogP contribution < -0.4 is 10.2 Å². The van der Waals surface area contributed by atoms with Gasteiger partial charge in [-0.2, -0.15) is 13.2 Å². The molecular weight excluding hydrogens is 337 g/mol. The van der Waals surface area contributed by atoms with Crippen LogP contribution in [-0.2, 0) is 17.4 Å². The molecule has 7 heteroatoms. The summed E-state index contributed by atoms with van der Waals surface area (Å²) in [6.07, 6.45) is -2.73. The van der Waals surface area contributed by atoms with E-state index in [4.69, 9.17) is 0 Å². The van der Waals surface area contributed by atoms with Gasteiger partial charge in [0.15, 0.2) is 0 Å². The highest BCUT2D eigenvalue weighted by atomic mass is 32.1. The van der Waals surface area contributed by atoms with E-state index in [0.29, 0.717) is 12.1 Å². The second-order valence-electron chi connectivity index (χ2n) is 5.61. The van der Waals surface area contributed by atoms with Crippen molar-refractivity contribution in [2.24, 2.45) is 0 Å². The summed E-state index contributed by atoms with van der Waals surface area (Å²) in [5.74, 6) is -0.283. The summed E-state index contributed by atoms with van der Waals surface area (Å²) >= 11 is 1.63. The molecule has 3 nitrogen and oxygen atoms in total. The Morgan fingerprint density at radius 1 is 1.25 bits per heavy atom. The Balaban J connectivity index is 2.04. The van der Waals surface area contributed by atoms with Crippen LogP contribution in [0.15, 0.2) is 35.7 Å². The van der Waals surface area contributed by atoms with E-state index >= 15 is 0 Å². The molecule has 0 saturated heterocycles. The molecule has 0 radical (unpaired) electrons. The summed E-state index contributed by atoms with van der Waals surface area (Å²) in [5, 5.41) is 4.58. The number of anilines is 2. The van der Waals surface area contributed by atoms with Gasteiger partial charge in [-0.3, -0.25) is 4.79 Å². The summed E-state index contributed by atoms with van der Waals surface area (Å²) in [5.41, 5.74) is -0.0625. The van der Waals surface area contributed by atoms with E-state index in [1.54, 1.807) is 30.3 Å². The van der Waals surface area contributed by atoms with Gasteiger partial charge in [-0.15, -0.1) is 11.3 Å². The number of rotatable bonds is 6. The second-order valence-corrected chi connectivity index (χ2v) is 6.64. The molecule has 0 atom stereocenters. The third kappa shape index (κ3) is 4.99. The lowest BCUT2D eigenvalue weighted by molar-refractivity contribution is -0.137. The molecular formula is C17H19F3N2OS. The molecule has 24 heavy (non-hydrogen) atoms. The maximum absolute atomic E-state index is 12.9. The first-order valence-electron chi connectivity index (χ1n) is 7.48. The third-order valence-corrected chi connectivity index (χ3v) is 4.42. The molecule has 0 bridgehead atoms. The maximum atomic E-state index is 12.9. The van der Waals surface area contributed by atoms with Gasteiger partial charge in [-0.25, -0.2) is 0 Å².